The molecule has 0 aliphatic carbocycles. The molecule has 1 saturated heterocycles. The number of rotatable bonds is 4. The third-order valence-electron chi connectivity index (χ3n) is 4.01. The number of hydrogen-bond acceptors (Lipinski definition) is 4. The quantitative estimate of drug-likeness (QED) is 0.887. The molecule has 1 aromatic heterocycles. The second-order valence-corrected chi connectivity index (χ2v) is 5.88. The fourth-order valence-corrected chi connectivity index (χ4v) is 2.65. The van der Waals surface area contributed by atoms with Crippen LogP contribution in [0.2, 0.25) is 0 Å². The van der Waals surface area contributed by atoms with Crippen molar-refractivity contribution in [2.75, 3.05) is 26.4 Å². The lowest BCUT2D eigenvalue weighted by Crippen LogP contribution is -2.52. The zero-order valence-corrected chi connectivity index (χ0v) is 12.4. The number of hydrogen-bond donors (Lipinski definition) is 1. The maximum absolute atomic E-state index is 9.06. The van der Waals surface area contributed by atoms with Gasteiger partial charge in [0.2, 0.25) is 0 Å². The molecule has 1 N–H and O–H groups in total. The van der Waals surface area contributed by atoms with Crippen LogP contribution in [0.5, 0.6) is 0 Å². The molecule has 0 bridgehead atoms. The molecule has 5 heteroatoms. The molecule has 1 aliphatic heterocycles. The Hall–Kier alpha value is -0.910. The summed E-state index contributed by atoms with van der Waals surface area (Å²) in [6.07, 6.45) is 0. The Morgan fingerprint density at radius 2 is 2.11 bits per heavy atom. The third-order valence-corrected chi connectivity index (χ3v) is 4.01. The van der Waals surface area contributed by atoms with Crippen molar-refractivity contribution in [2.45, 2.75) is 46.3 Å². The summed E-state index contributed by atoms with van der Waals surface area (Å²) in [4.78, 5) is 2.46. The number of aliphatic hydroxyl groups is 1. The smallest absolute Gasteiger partial charge is 0.0645 e. The molecule has 0 aromatic carbocycles. The summed E-state index contributed by atoms with van der Waals surface area (Å²) in [5.74, 6) is 0. The van der Waals surface area contributed by atoms with Crippen molar-refractivity contribution in [3.05, 3.63) is 17.0 Å². The Labute approximate surface area is 115 Å². The van der Waals surface area contributed by atoms with E-state index in [1.165, 1.54) is 5.56 Å². The first-order valence-electron chi connectivity index (χ1n) is 6.92. The minimum Gasteiger partial charge on any atom is -0.394 e. The average Bonchev–Trinajstić information content (AvgIpc) is 2.60. The van der Waals surface area contributed by atoms with E-state index in [0.717, 1.165) is 37.7 Å². The predicted octanol–water partition coefficient (Wildman–Crippen LogP) is 1.10. The van der Waals surface area contributed by atoms with E-state index in [0.29, 0.717) is 6.54 Å². The number of aromatic nitrogens is 2. The van der Waals surface area contributed by atoms with Gasteiger partial charge in [0.05, 0.1) is 32.1 Å². The van der Waals surface area contributed by atoms with Crippen molar-refractivity contribution < 1.29 is 9.84 Å². The molecule has 0 radical (unpaired) electrons. The van der Waals surface area contributed by atoms with E-state index in [1.54, 1.807) is 0 Å². The topological polar surface area (TPSA) is 50.5 Å². The van der Waals surface area contributed by atoms with Gasteiger partial charge >= 0.3 is 0 Å². The molecule has 5 nitrogen and oxygen atoms in total. The number of aliphatic hydroxyl groups excluding tert-OH is 1. The molecular formula is C14H25N3O2. The molecule has 0 atom stereocenters. The number of nitrogens with zero attached hydrogens (tertiary/aromatic N) is 3. The summed E-state index contributed by atoms with van der Waals surface area (Å²) < 4.78 is 7.46. The van der Waals surface area contributed by atoms with Gasteiger partial charge < -0.3 is 9.84 Å². The zero-order chi connectivity index (χ0) is 14.0. The minimum atomic E-state index is 0.0657. The lowest BCUT2D eigenvalue weighted by Gasteiger charge is -2.42. The largest absolute Gasteiger partial charge is 0.394 e. The maximum atomic E-state index is 9.06. The Morgan fingerprint density at radius 1 is 1.37 bits per heavy atom. The first kappa shape index (κ1) is 14.5. The molecule has 2 heterocycles. The highest BCUT2D eigenvalue weighted by Gasteiger charge is 2.31. The summed E-state index contributed by atoms with van der Waals surface area (Å²) in [6, 6.07) is 0. The summed E-state index contributed by atoms with van der Waals surface area (Å²) in [5.41, 5.74) is 3.57. The molecule has 1 fully saturated rings. The van der Waals surface area contributed by atoms with Gasteiger partial charge in [-0.1, -0.05) is 0 Å². The predicted molar refractivity (Wildman–Crippen MR) is 74.1 cm³/mol. The zero-order valence-electron chi connectivity index (χ0n) is 12.4. The van der Waals surface area contributed by atoms with Gasteiger partial charge in [-0.3, -0.25) is 9.58 Å². The molecule has 0 saturated carbocycles. The SMILES string of the molecule is Cc1nn(CCO)c(C)c1CN1CCOCC1(C)C. The van der Waals surface area contributed by atoms with Gasteiger partial charge in [-0.15, -0.1) is 0 Å². The fourth-order valence-electron chi connectivity index (χ4n) is 2.65. The summed E-state index contributed by atoms with van der Waals surface area (Å²) >= 11 is 0. The van der Waals surface area contributed by atoms with Gasteiger partial charge in [0.25, 0.3) is 0 Å². The van der Waals surface area contributed by atoms with Gasteiger partial charge in [-0.2, -0.15) is 5.10 Å². The second-order valence-electron chi connectivity index (χ2n) is 5.88. The molecule has 2 rings (SSSR count). The number of ether oxygens (including phenoxy) is 1. The van der Waals surface area contributed by atoms with Gasteiger partial charge in [-0.05, 0) is 27.7 Å². The lowest BCUT2D eigenvalue weighted by atomic mass is 10.0. The van der Waals surface area contributed by atoms with Crippen LogP contribution in [0.4, 0.5) is 0 Å². The summed E-state index contributed by atoms with van der Waals surface area (Å²) in [5, 5.41) is 13.6. The normalized spacial score (nSPS) is 19.8. The Kier molecular flexibility index (Phi) is 4.28. The molecule has 0 amide bonds. The molecule has 0 spiro atoms. The first-order valence-corrected chi connectivity index (χ1v) is 6.92. The van der Waals surface area contributed by atoms with Crippen molar-refractivity contribution >= 4 is 0 Å². The van der Waals surface area contributed by atoms with Crippen molar-refractivity contribution in [3.63, 3.8) is 0 Å². The van der Waals surface area contributed by atoms with E-state index in [4.69, 9.17) is 9.84 Å². The molecule has 1 aromatic rings. The summed E-state index contributed by atoms with van der Waals surface area (Å²) in [6.45, 7) is 12.7. The van der Waals surface area contributed by atoms with E-state index in [9.17, 15) is 0 Å². The van der Waals surface area contributed by atoms with Crippen LogP contribution in [-0.2, 0) is 17.8 Å². The third kappa shape index (κ3) is 2.99. The number of aryl methyl sites for hydroxylation is 1. The van der Waals surface area contributed by atoms with E-state index >= 15 is 0 Å². The first-order chi connectivity index (χ1) is 8.95. The van der Waals surface area contributed by atoms with Crippen molar-refractivity contribution in [2.24, 2.45) is 0 Å². The Bertz CT molecular complexity index is 440. The molecular weight excluding hydrogens is 242 g/mol. The minimum absolute atomic E-state index is 0.0657. The van der Waals surface area contributed by atoms with E-state index in [2.05, 4.69) is 30.8 Å². The van der Waals surface area contributed by atoms with Gasteiger partial charge in [0.1, 0.15) is 0 Å². The summed E-state index contributed by atoms with van der Waals surface area (Å²) in [7, 11) is 0. The van der Waals surface area contributed by atoms with Crippen LogP contribution in [-0.4, -0.2) is 51.7 Å². The van der Waals surface area contributed by atoms with Gasteiger partial charge in [0, 0.05) is 29.9 Å². The monoisotopic (exact) mass is 267 g/mol. The van der Waals surface area contributed by atoms with Crippen molar-refractivity contribution in [1.82, 2.24) is 14.7 Å². The van der Waals surface area contributed by atoms with Crippen LogP contribution in [0.3, 0.4) is 0 Å². The van der Waals surface area contributed by atoms with Crippen molar-refractivity contribution in [3.8, 4) is 0 Å². The van der Waals surface area contributed by atoms with Crippen LogP contribution >= 0.6 is 0 Å². The lowest BCUT2D eigenvalue weighted by molar-refractivity contribution is -0.0554. The van der Waals surface area contributed by atoms with E-state index < -0.39 is 0 Å². The van der Waals surface area contributed by atoms with E-state index in [-0.39, 0.29) is 12.1 Å². The highest BCUT2D eigenvalue weighted by Crippen LogP contribution is 2.24. The van der Waals surface area contributed by atoms with Gasteiger partial charge in [-0.25, -0.2) is 0 Å². The number of morpholine rings is 1. The van der Waals surface area contributed by atoms with Crippen LogP contribution in [0.15, 0.2) is 0 Å². The van der Waals surface area contributed by atoms with Crippen LogP contribution < -0.4 is 0 Å². The van der Waals surface area contributed by atoms with Crippen LogP contribution in [0.1, 0.15) is 30.8 Å². The molecule has 1 aliphatic rings. The van der Waals surface area contributed by atoms with Crippen molar-refractivity contribution in [1.29, 1.82) is 0 Å². The van der Waals surface area contributed by atoms with Crippen LogP contribution in [0.25, 0.3) is 0 Å². The highest BCUT2D eigenvalue weighted by molar-refractivity contribution is 5.24. The molecule has 19 heavy (non-hydrogen) atoms. The van der Waals surface area contributed by atoms with Crippen LogP contribution in [0, 0.1) is 13.8 Å². The fraction of sp³-hybridized carbons (Fsp3) is 0.786. The average molecular weight is 267 g/mol. The Morgan fingerprint density at radius 3 is 2.74 bits per heavy atom. The standard InChI is InChI=1S/C14H25N3O2/c1-11-13(12(2)17(15-11)5-7-18)9-16-6-8-19-10-14(16,3)4/h18H,5-10H2,1-4H3. The molecule has 0 unspecified atom stereocenters. The van der Waals surface area contributed by atoms with Gasteiger partial charge in [0.15, 0.2) is 0 Å². The Balaban J connectivity index is 2.18. The maximum Gasteiger partial charge on any atom is 0.0645 e. The molecule has 108 valence electrons. The highest BCUT2D eigenvalue weighted by atomic mass is 16.5. The second kappa shape index (κ2) is 5.61. The van der Waals surface area contributed by atoms with E-state index in [1.807, 2.05) is 11.6 Å².